The molecule has 1 aliphatic heterocycles. The average molecular weight is 427 g/mol. The van der Waals surface area contributed by atoms with E-state index in [1.807, 2.05) is 61.5 Å². The van der Waals surface area contributed by atoms with Gasteiger partial charge in [0.15, 0.2) is 0 Å². The standard InChI is InChI=1S/C22H22N2O3S2/c1-15-7-3-4-10-18(15)23-20(25)11-6-12-24-21(26)19(29-22(24)28)14-16-8-5-9-17(13-16)27-2/h3-5,7-10,13-14H,6,11-12H2,1-2H3,(H,23,25). The van der Waals surface area contributed by atoms with Gasteiger partial charge in [0.05, 0.1) is 12.0 Å². The molecule has 3 rings (SSSR count). The number of aryl methyl sites for hydroxylation is 1. The van der Waals surface area contributed by atoms with Crippen LogP contribution in [0.15, 0.2) is 53.4 Å². The Morgan fingerprint density at radius 1 is 1.24 bits per heavy atom. The van der Waals surface area contributed by atoms with Crippen molar-refractivity contribution in [1.82, 2.24) is 4.90 Å². The Labute approximate surface area is 180 Å². The average Bonchev–Trinajstić information content (AvgIpc) is 2.97. The minimum Gasteiger partial charge on any atom is -0.497 e. The third-order valence-electron chi connectivity index (χ3n) is 4.47. The first kappa shape index (κ1) is 21.1. The first-order chi connectivity index (χ1) is 14.0. The van der Waals surface area contributed by atoms with E-state index in [1.54, 1.807) is 12.0 Å². The van der Waals surface area contributed by atoms with Gasteiger partial charge in [0, 0.05) is 18.7 Å². The second-order valence-corrected chi connectivity index (χ2v) is 8.25. The molecule has 2 aromatic carbocycles. The number of ether oxygens (including phenoxy) is 1. The second-order valence-electron chi connectivity index (χ2n) is 6.58. The third-order valence-corrected chi connectivity index (χ3v) is 5.85. The van der Waals surface area contributed by atoms with Gasteiger partial charge in [-0.3, -0.25) is 14.5 Å². The molecule has 1 N–H and O–H groups in total. The van der Waals surface area contributed by atoms with Crippen molar-refractivity contribution < 1.29 is 14.3 Å². The zero-order chi connectivity index (χ0) is 20.8. The summed E-state index contributed by atoms with van der Waals surface area (Å²) in [6, 6.07) is 15.1. The molecule has 0 bridgehead atoms. The largest absolute Gasteiger partial charge is 0.497 e. The summed E-state index contributed by atoms with van der Waals surface area (Å²) in [7, 11) is 1.61. The van der Waals surface area contributed by atoms with E-state index in [1.165, 1.54) is 11.8 Å². The molecule has 0 aromatic heterocycles. The Morgan fingerprint density at radius 2 is 2.03 bits per heavy atom. The topological polar surface area (TPSA) is 58.6 Å². The van der Waals surface area contributed by atoms with E-state index < -0.39 is 0 Å². The molecule has 7 heteroatoms. The molecule has 150 valence electrons. The van der Waals surface area contributed by atoms with Crippen LogP contribution < -0.4 is 10.1 Å². The summed E-state index contributed by atoms with van der Waals surface area (Å²) in [5, 5.41) is 2.91. The third kappa shape index (κ3) is 5.46. The fourth-order valence-electron chi connectivity index (χ4n) is 2.90. The highest BCUT2D eigenvalue weighted by atomic mass is 32.2. The minimum atomic E-state index is -0.123. The lowest BCUT2D eigenvalue weighted by atomic mass is 10.2. The summed E-state index contributed by atoms with van der Waals surface area (Å²) in [4.78, 5) is 27.0. The SMILES string of the molecule is COc1cccc(C=C2SC(=S)N(CCCC(=O)Nc3ccccc3C)C2=O)c1. The predicted molar refractivity (Wildman–Crippen MR) is 122 cm³/mol. The van der Waals surface area contributed by atoms with E-state index in [4.69, 9.17) is 17.0 Å². The summed E-state index contributed by atoms with van der Waals surface area (Å²) >= 11 is 6.64. The molecule has 0 unspecified atom stereocenters. The maximum absolute atomic E-state index is 12.7. The van der Waals surface area contributed by atoms with Gasteiger partial charge in [0.25, 0.3) is 5.91 Å². The number of methoxy groups -OCH3 is 1. The number of para-hydroxylation sites is 1. The molecule has 0 saturated carbocycles. The molecule has 0 atom stereocenters. The van der Waals surface area contributed by atoms with Crippen molar-refractivity contribution in [2.45, 2.75) is 19.8 Å². The molecule has 2 amide bonds. The summed E-state index contributed by atoms with van der Waals surface area (Å²) < 4.78 is 5.74. The number of carbonyl (C=O) groups excluding carboxylic acids is 2. The monoisotopic (exact) mass is 426 g/mol. The van der Waals surface area contributed by atoms with Crippen LogP contribution in [0.1, 0.15) is 24.0 Å². The molecule has 0 aliphatic carbocycles. The normalized spacial score (nSPS) is 15.1. The number of amides is 2. The summed E-state index contributed by atoms with van der Waals surface area (Å²) in [5.41, 5.74) is 2.70. The Kier molecular flexibility index (Phi) is 7.06. The molecule has 0 radical (unpaired) electrons. The first-order valence-electron chi connectivity index (χ1n) is 9.23. The molecule has 29 heavy (non-hydrogen) atoms. The van der Waals surface area contributed by atoms with E-state index in [0.29, 0.717) is 28.6 Å². The van der Waals surface area contributed by atoms with Crippen LogP contribution >= 0.6 is 24.0 Å². The van der Waals surface area contributed by atoms with Gasteiger partial charge in [-0.2, -0.15) is 0 Å². The van der Waals surface area contributed by atoms with Crippen molar-refractivity contribution in [2.75, 3.05) is 19.0 Å². The molecule has 1 heterocycles. The zero-order valence-electron chi connectivity index (χ0n) is 16.3. The number of thiocarbonyl (C=S) groups is 1. The van der Waals surface area contributed by atoms with Crippen LogP contribution in [0.25, 0.3) is 6.08 Å². The fourth-order valence-corrected chi connectivity index (χ4v) is 4.21. The van der Waals surface area contributed by atoms with Gasteiger partial charge in [0.2, 0.25) is 5.91 Å². The Bertz CT molecular complexity index is 972. The Hall–Kier alpha value is -2.64. The minimum absolute atomic E-state index is 0.0725. The molecule has 5 nitrogen and oxygen atoms in total. The number of hydrogen-bond donors (Lipinski definition) is 1. The second kappa shape index (κ2) is 9.71. The zero-order valence-corrected chi connectivity index (χ0v) is 17.9. The smallest absolute Gasteiger partial charge is 0.266 e. The van der Waals surface area contributed by atoms with Crippen LogP contribution in [0.5, 0.6) is 5.75 Å². The van der Waals surface area contributed by atoms with Crippen LogP contribution in [0, 0.1) is 6.92 Å². The van der Waals surface area contributed by atoms with Gasteiger partial charge >= 0.3 is 0 Å². The van der Waals surface area contributed by atoms with Crippen LogP contribution in [0.2, 0.25) is 0 Å². The number of thioether (sulfide) groups is 1. The summed E-state index contributed by atoms with van der Waals surface area (Å²) in [6.07, 6.45) is 2.67. The van der Waals surface area contributed by atoms with Crippen LogP contribution in [-0.4, -0.2) is 34.7 Å². The van der Waals surface area contributed by atoms with Crippen molar-refractivity contribution in [1.29, 1.82) is 0 Å². The van der Waals surface area contributed by atoms with Gasteiger partial charge in [-0.15, -0.1) is 0 Å². The van der Waals surface area contributed by atoms with Crippen molar-refractivity contribution in [3.05, 3.63) is 64.6 Å². The quantitative estimate of drug-likeness (QED) is 0.517. The van der Waals surface area contributed by atoms with Crippen molar-refractivity contribution >= 4 is 51.9 Å². The van der Waals surface area contributed by atoms with Crippen molar-refractivity contribution in [2.24, 2.45) is 0 Å². The molecule has 1 saturated heterocycles. The van der Waals surface area contributed by atoms with Crippen LogP contribution in [-0.2, 0) is 9.59 Å². The fraction of sp³-hybridized carbons (Fsp3) is 0.227. The van der Waals surface area contributed by atoms with Crippen molar-refractivity contribution in [3.8, 4) is 5.75 Å². The number of carbonyl (C=O) groups is 2. The lowest BCUT2D eigenvalue weighted by Crippen LogP contribution is -2.29. The summed E-state index contributed by atoms with van der Waals surface area (Å²) in [6.45, 7) is 2.37. The van der Waals surface area contributed by atoms with E-state index in [2.05, 4.69) is 5.32 Å². The number of rotatable bonds is 7. The number of benzene rings is 2. The maximum Gasteiger partial charge on any atom is 0.266 e. The van der Waals surface area contributed by atoms with E-state index in [-0.39, 0.29) is 11.8 Å². The molecule has 2 aromatic rings. The lowest BCUT2D eigenvalue weighted by Gasteiger charge is -2.14. The van der Waals surface area contributed by atoms with Gasteiger partial charge in [-0.25, -0.2) is 0 Å². The van der Waals surface area contributed by atoms with Gasteiger partial charge in [0.1, 0.15) is 10.1 Å². The van der Waals surface area contributed by atoms with Gasteiger partial charge < -0.3 is 10.1 Å². The van der Waals surface area contributed by atoms with Crippen LogP contribution in [0.4, 0.5) is 5.69 Å². The van der Waals surface area contributed by atoms with Gasteiger partial charge in [-0.05, 0) is 48.7 Å². The van der Waals surface area contributed by atoms with Crippen molar-refractivity contribution in [3.63, 3.8) is 0 Å². The number of nitrogens with zero attached hydrogens (tertiary/aromatic N) is 1. The van der Waals surface area contributed by atoms with Gasteiger partial charge in [-0.1, -0.05) is 54.3 Å². The molecule has 1 aliphatic rings. The molecular formula is C22H22N2O3S2. The molecule has 1 fully saturated rings. The highest BCUT2D eigenvalue weighted by molar-refractivity contribution is 8.26. The molecule has 0 spiro atoms. The maximum atomic E-state index is 12.7. The summed E-state index contributed by atoms with van der Waals surface area (Å²) in [5.74, 6) is 0.535. The van der Waals surface area contributed by atoms with E-state index in [0.717, 1.165) is 22.6 Å². The lowest BCUT2D eigenvalue weighted by molar-refractivity contribution is -0.122. The number of hydrogen-bond acceptors (Lipinski definition) is 5. The first-order valence-corrected chi connectivity index (χ1v) is 10.5. The highest BCUT2D eigenvalue weighted by Gasteiger charge is 2.31. The highest BCUT2D eigenvalue weighted by Crippen LogP contribution is 2.33. The number of nitrogens with one attached hydrogen (secondary N) is 1. The van der Waals surface area contributed by atoms with Crippen LogP contribution in [0.3, 0.4) is 0 Å². The Balaban J connectivity index is 1.55. The molecular weight excluding hydrogens is 404 g/mol. The van der Waals surface area contributed by atoms with E-state index >= 15 is 0 Å². The number of anilines is 1. The van der Waals surface area contributed by atoms with E-state index in [9.17, 15) is 9.59 Å². The Morgan fingerprint density at radius 3 is 2.79 bits per heavy atom. The predicted octanol–water partition coefficient (Wildman–Crippen LogP) is 4.62.